The Morgan fingerprint density at radius 2 is 2.10 bits per heavy atom. The molecule has 116 valence electrons. The lowest BCUT2D eigenvalue weighted by Gasteiger charge is -2.50. The van der Waals surface area contributed by atoms with Gasteiger partial charge in [-0.2, -0.15) is 5.26 Å². The minimum absolute atomic E-state index is 0.0514. The minimum Gasteiger partial charge on any atom is -0.469 e. The zero-order chi connectivity index (χ0) is 15.0. The summed E-state index contributed by atoms with van der Waals surface area (Å²) in [4.78, 5) is 11.5. The molecule has 0 amide bonds. The molecule has 0 unspecified atom stereocenters. The molecular formula is C18H27NO2. The normalized spacial score (nSPS) is 45.3. The summed E-state index contributed by atoms with van der Waals surface area (Å²) in [7, 11) is 1.49. The number of nitriles is 1. The number of hydrogen-bond donors (Lipinski definition) is 0. The predicted octanol–water partition coefficient (Wildman–Crippen LogP) is 3.93. The van der Waals surface area contributed by atoms with Crippen LogP contribution in [0, 0.1) is 46.3 Å². The van der Waals surface area contributed by atoms with Gasteiger partial charge in [-0.15, -0.1) is 0 Å². The number of rotatable bonds is 2. The van der Waals surface area contributed by atoms with E-state index in [1.807, 2.05) is 0 Å². The fraction of sp³-hybridized carbons (Fsp3) is 0.889. The van der Waals surface area contributed by atoms with Crippen LogP contribution in [0.3, 0.4) is 0 Å². The summed E-state index contributed by atoms with van der Waals surface area (Å²) >= 11 is 0. The van der Waals surface area contributed by atoms with Crippen molar-refractivity contribution in [2.45, 2.75) is 58.3 Å². The first-order valence-corrected chi connectivity index (χ1v) is 8.55. The molecule has 3 aliphatic rings. The molecule has 3 heteroatoms. The van der Waals surface area contributed by atoms with Crippen LogP contribution in [-0.2, 0) is 9.53 Å². The Morgan fingerprint density at radius 3 is 2.81 bits per heavy atom. The van der Waals surface area contributed by atoms with Gasteiger partial charge in [-0.3, -0.25) is 4.79 Å². The van der Waals surface area contributed by atoms with Crippen LogP contribution >= 0.6 is 0 Å². The lowest BCUT2D eigenvalue weighted by atomic mass is 9.54. The van der Waals surface area contributed by atoms with Crippen LogP contribution in [0.25, 0.3) is 0 Å². The number of ether oxygens (including phenoxy) is 1. The second-order valence-electron chi connectivity index (χ2n) is 7.79. The highest BCUT2D eigenvalue weighted by molar-refractivity contribution is 5.69. The number of carbonyl (C=O) groups excluding carboxylic acids is 1. The van der Waals surface area contributed by atoms with Crippen molar-refractivity contribution in [1.29, 1.82) is 5.26 Å². The quantitative estimate of drug-likeness (QED) is 0.724. The van der Waals surface area contributed by atoms with E-state index in [9.17, 15) is 10.1 Å². The predicted molar refractivity (Wildman–Crippen MR) is 80.1 cm³/mol. The fourth-order valence-electron chi connectivity index (χ4n) is 5.79. The molecule has 3 rings (SSSR count). The molecule has 3 fully saturated rings. The first-order valence-electron chi connectivity index (χ1n) is 8.55. The molecule has 0 bridgehead atoms. The maximum atomic E-state index is 11.5. The average Bonchev–Trinajstić information content (AvgIpc) is 2.83. The van der Waals surface area contributed by atoms with Crippen molar-refractivity contribution in [3.05, 3.63) is 0 Å². The van der Waals surface area contributed by atoms with E-state index in [2.05, 4.69) is 13.0 Å². The molecule has 0 aromatic carbocycles. The second-order valence-corrected chi connectivity index (χ2v) is 7.79. The van der Waals surface area contributed by atoms with Crippen molar-refractivity contribution >= 4 is 5.97 Å². The molecule has 3 aliphatic carbocycles. The SMILES string of the molecule is COC(=O)C[C@H]1CC[C@H]2[C@@H](CC[C@@]3(C)[C@H](C#N)CC[C@H]23)C1. The Bertz CT molecular complexity index is 455. The van der Waals surface area contributed by atoms with Gasteiger partial charge in [0.15, 0.2) is 0 Å². The lowest BCUT2D eigenvalue weighted by molar-refractivity contribution is -0.142. The summed E-state index contributed by atoms with van der Waals surface area (Å²) < 4.78 is 4.83. The van der Waals surface area contributed by atoms with Gasteiger partial charge in [0.1, 0.15) is 0 Å². The molecule has 6 atom stereocenters. The number of carbonyl (C=O) groups is 1. The van der Waals surface area contributed by atoms with Gasteiger partial charge in [0, 0.05) is 6.42 Å². The molecule has 21 heavy (non-hydrogen) atoms. The molecule has 0 saturated heterocycles. The standard InChI is InChI=1S/C18H27NO2/c1-18-8-7-13-9-12(10-17(20)21-2)3-5-15(13)16(18)6-4-14(18)11-19/h12-16H,3-10H2,1-2H3/t12-,13-,14-,15-,16+,18-/m0/s1. The van der Waals surface area contributed by atoms with E-state index in [-0.39, 0.29) is 17.3 Å². The molecule has 0 spiro atoms. The van der Waals surface area contributed by atoms with Crippen LogP contribution in [0.1, 0.15) is 58.3 Å². The van der Waals surface area contributed by atoms with Gasteiger partial charge in [0.05, 0.1) is 19.1 Å². The molecular weight excluding hydrogens is 262 g/mol. The lowest BCUT2D eigenvalue weighted by Crippen LogP contribution is -2.43. The van der Waals surface area contributed by atoms with Crippen molar-refractivity contribution in [2.24, 2.45) is 35.0 Å². The molecule has 3 saturated carbocycles. The molecule has 3 nitrogen and oxygen atoms in total. The molecule has 0 heterocycles. The summed E-state index contributed by atoms with van der Waals surface area (Å²) in [6.07, 6.45) is 9.04. The molecule has 0 aliphatic heterocycles. The van der Waals surface area contributed by atoms with Gasteiger partial charge in [-0.05, 0) is 74.0 Å². The fourth-order valence-corrected chi connectivity index (χ4v) is 5.79. The Kier molecular flexibility index (Phi) is 3.99. The number of nitrogens with zero attached hydrogens (tertiary/aromatic N) is 1. The van der Waals surface area contributed by atoms with E-state index < -0.39 is 0 Å². The zero-order valence-corrected chi connectivity index (χ0v) is 13.3. The number of methoxy groups -OCH3 is 1. The summed E-state index contributed by atoms with van der Waals surface area (Å²) in [5, 5.41) is 9.43. The topological polar surface area (TPSA) is 50.1 Å². The maximum absolute atomic E-state index is 11.5. The summed E-state index contributed by atoms with van der Waals surface area (Å²) in [6.45, 7) is 2.37. The number of esters is 1. The highest BCUT2D eigenvalue weighted by Crippen LogP contribution is 2.61. The van der Waals surface area contributed by atoms with Crippen molar-refractivity contribution in [3.63, 3.8) is 0 Å². The van der Waals surface area contributed by atoms with Crippen molar-refractivity contribution in [3.8, 4) is 6.07 Å². The van der Waals surface area contributed by atoms with Gasteiger partial charge in [-0.1, -0.05) is 6.92 Å². The van der Waals surface area contributed by atoms with Gasteiger partial charge < -0.3 is 4.74 Å². The van der Waals surface area contributed by atoms with E-state index in [1.54, 1.807) is 0 Å². The summed E-state index contributed by atoms with van der Waals surface area (Å²) in [6, 6.07) is 2.58. The number of hydrogen-bond acceptors (Lipinski definition) is 3. The molecule has 0 N–H and O–H groups in total. The Morgan fingerprint density at radius 1 is 1.29 bits per heavy atom. The third-order valence-electron chi connectivity index (χ3n) is 6.97. The van der Waals surface area contributed by atoms with Crippen molar-refractivity contribution in [2.75, 3.05) is 7.11 Å². The van der Waals surface area contributed by atoms with Gasteiger partial charge >= 0.3 is 5.97 Å². The molecule has 0 aromatic heterocycles. The largest absolute Gasteiger partial charge is 0.469 e. The van der Waals surface area contributed by atoms with Crippen molar-refractivity contribution < 1.29 is 9.53 Å². The Balaban J connectivity index is 1.67. The smallest absolute Gasteiger partial charge is 0.305 e. The van der Waals surface area contributed by atoms with Gasteiger partial charge in [-0.25, -0.2) is 0 Å². The van der Waals surface area contributed by atoms with Crippen LogP contribution in [0.4, 0.5) is 0 Å². The van der Waals surface area contributed by atoms with Crippen LogP contribution in [0.2, 0.25) is 0 Å². The van der Waals surface area contributed by atoms with Crippen LogP contribution in [-0.4, -0.2) is 13.1 Å². The Hall–Kier alpha value is -1.04. The van der Waals surface area contributed by atoms with Crippen LogP contribution in [0.5, 0.6) is 0 Å². The summed E-state index contributed by atoms with van der Waals surface area (Å²) in [5.74, 6) is 3.08. The first kappa shape index (κ1) is 14.9. The van der Waals surface area contributed by atoms with E-state index >= 15 is 0 Å². The second kappa shape index (κ2) is 5.63. The highest BCUT2D eigenvalue weighted by atomic mass is 16.5. The van der Waals surface area contributed by atoms with Gasteiger partial charge in [0.2, 0.25) is 0 Å². The van der Waals surface area contributed by atoms with E-state index in [0.29, 0.717) is 12.3 Å². The monoisotopic (exact) mass is 289 g/mol. The van der Waals surface area contributed by atoms with Crippen molar-refractivity contribution in [1.82, 2.24) is 0 Å². The summed E-state index contributed by atoms with van der Waals surface area (Å²) in [5.41, 5.74) is 0.269. The van der Waals surface area contributed by atoms with Crippen LogP contribution in [0.15, 0.2) is 0 Å². The van der Waals surface area contributed by atoms with E-state index in [1.165, 1.54) is 45.6 Å². The van der Waals surface area contributed by atoms with Gasteiger partial charge in [0.25, 0.3) is 0 Å². The Labute approximate surface area is 128 Å². The average molecular weight is 289 g/mol. The first-order chi connectivity index (χ1) is 10.1. The zero-order valence-electron chi connectivity index (χ0n) is 13.3. The maximum Gasteiger partial charge on any atom is 0.305 e. The van der Waals surface area contributed by atoms with E-state index in [0.717, 1.165) is 24.2 Å². The number of fused-ring (bicyclic) bond motifs is 3. The molecule has 0 aromatic rings. The highest BCUT2D eigenvalue weighted by Gasteiger charge is 2.54. The van der Waals surface area contributed by atoms with Crippen LogP contribution < -0.4 is 0 Å². The van der Waals surface area contributed by atoms with E-state index in [4.69, 9.17) is 4.74 Å². The third kappa shape index (κ3) is 2.47. The third-order valence-corrected chi connectivity index (χ3v) is 6.97. The molecule has 0 radical (unpaired) electrons. The minimum atomic E-state index is -0.0514.